The van der Waals surface area contributed by atoms with Gasteiger partial charge in [-0.3, -0.25) is 4.90 Å². The second-order valence-corrected chi connectivity index (χ2v) is 8.26. The van der Waals surface area contributed by atoms with Gasteiger partial charge in [-0.2, -0.15) is 0 Å². The zero-order valence-corrected chi connectivity index (χ0v) is 19.7. The van der Waals surface area contributed by atoms with E-state index in [0.29, 0.717) is 41.8 Å². The van der Waals surface area contributed by atoms with E-state index >= 15 is 0 Å². The lowest BCUT2D eigenvalue weighted by Crippen LogP contribution is -2.38. The summed E-state index contributed by atoms with van der Waals surface area (Å²) in [5.74, 6) is 0.978. The van der Waals surface area contributed by atoms with Crippen molar-refractivity contribution in [3.63, 3.8) is 0 Å². The van der Waals surface area contributed by atoms with Gasteiger partial charge in [0.05, 0.1) is 35.7 Å². The van der Waals surface area contributed by atoms with Gasteiger partial charge in [0, 0.05) is 26.1 Å². The van der Waals surface area contributed by atoms with Crippen molar-refractivity contribution in [3.05, 3.63) is 82.3 Å². The Morgan fingerprint density at radius 1 is 1.09 bits per heavy atom. The SMILES string of the molecule is Nc1ncnc(Cc2ccc(OCc3ccccc3)c(Cl)c2)c1/C=N/OCCN1CCOCC1. The molecular weight excluding hydrogens is 454 g/mol. The highest BCUT2D eigenvalue weighted by Crippen LogP contribution is 2.27. The van der Waals surface area contributed by atoms with E-state index in [9.17, 15) is 0 Å². The summed E-state index contributed by atoms with van der Waals surface area (Å²) in [6.45, 7) is 5.08. The van der Waals surface area contributed by atoms with Crippen LogP contribution in [0.3, 0.4) is 0 Å². The zero-order valence-electron chi connectivity index (χ0n) is 18.9. The Balaban J connectivity index is 1.35. The van der Waals surface area contributed by atoms with Crippen molar-refractivity contribution in [1.82, 2.24) is 14.9 Å². The third-order valence-electron chi connectivity index (χ3n) is 5.46. The molecule has 1 aliphatic rings. The lowest BCUT2D eigenvalue weighted by atomic mass is 10.1. The second kappa shape index (κ2) is 12.3. The fourth-order valence-corrected chi connectivity index (χ4v) is 3.82. The summed E-state index contributed by atoms with van der Waals surface area (Å²) < 4.78 is 11.2. The lowest BCUT2D eigenvalue weighted by Gasteiger charge is -2.25. The molecule has 4 rings (SSSR count). The van der Waals surface area contributed by atoms with Gasteiger partial charge in [0.25, 0.3) is 0 Å². The summed E-state index contributed by atoms with van der Waals surface area (Å²) in [6, 6.07) is 15.7. The van der Waals surface area contributed by atoms with Gasteiger partial charge < -0.3 is 20.0 Å². The van der Waals surface area contributed by atoms with Crippen LogP contribution in [0.1, 0.15) is 22.4 Å². The average molecular weight is 482 g/mol. The first-order chi connectivity index (χ1) is 16.7. The third kappa shape index (κ3) is 6.90. The Kier molecular flexibility index (Phi) is 8.67. The molecule has 0 aliphatic carbocycles. The van der Waals surface area contributed by atoms with Crippen LogP contribution in [0.15, 0.2) is 60.0 Å². The molecule has 2 heterocycles. The van der Waals surface area contributed by atoms with Crippen LogP contribution in [-0.4, -0.2) is 60.5 Å². The maximum Gasteiger partial charge on any atom is 0.138 e. The molecule has 1 saturated heterocycles. The Morgan fingerprint density at radius 3 is 2.71 bits per heavy atom. The van der Waals surface area contributed by atoms with Crippen molar-refractivity contribution in [3.8, 4) is 5.75 Å². The van der Waals surface area contributed by atoms with Crippen LogP contribution in [0.2, 0.25) is 5.02 Å². The molecule has 0 bridgehead atoms. The average Bonchev–Trinajstić information content (AvgIpc) is 2.86. The summed E-state index contributed by atoms with van der Waals surface area (Å²) in [6.07, 6.45) is 3.53. The van der Waals surface area contributed by atoms with Crippen molar-refractivity contribution >= 4 is 23.6 Å². The molecule has 0 amide bonds. The molecule has 0 atom stereocenters. The quantitative estimate of drug-likeness (QED) is 0.269. The van der Waals surface area contributed by atoms with Gasteiger partial charge in [0.1, 0.15) is 31.1 Å². The van der Waals surface area contributed by atoms with Crippen LogP contribution in [-0.2, 0) is 22.6 Å². The van der Waals surface area contributed by atoms with E-state index in [2.05, 4.69) is 20.0 Å². The smallest absolute Gasteiger partial charge is 0.138 e. The molecule has 9 heteroatoms. The molecule has 1 fully saturated rings. The van der Waals surface area contributed by atoms with Crippen LogP contribution in [0, 0.1) is 0 Å². The number of nitrogens with zero attached hydrogens (tertiary/aromatic N) is 4. The van der Waals surface area contributed by atoms with Crippen molar-refractivity contribution in [2.75, 3.05) is 45.2 Å². The molecule has 1 aromatic heterocycles. The van der Waals surface area contributed by atoms with E-state index in [4.69, 9.17) is 31.6 Å². The minimum absolute atomic E-state index is 0.347. The zero-order chi connectivity index (χ0) is 23.6. The van der Waals surface area contributed by atoms with Crippen LogP contribution < -0.4 is 10.5 Å². The van der Waals surface area contributed by atoms with Crippen molar-refractivity contribution in [2.45, 2.75) is 13.0 Å². The third-order valence-corrected chi connectivity index (χ3v) is 5.76. The molecule has 3 aromatic rings. The van der Waals surface area contributed by atoms with Crippen LogP contribution in [0.5, 0.6) is 5.75 Å². The van der Waals surface area contributed by atoms with E-state index < -0.39 is 0 Å². The molecule has 2 aromatic carbocycles. The van der Waals surface area contributed by atoms with Crippen molar-refractivity contribution < 1.29 is 14.3 Å². The normalized spacial score (nSPS) is 14.4. The predicted molar refractivity (Wildman–Crippen MR) is 132 cm³/mol. The van der Waals surface area contributed by atoms with Gasteiger partial charge in [0.2, 0.25) is 0 Å². The number of anilines is 1. The Morgan fingerprint density at radius 2 is 1.91 bits per heavy atom. The monoisotopic (exact) mass is 481 g/mol. The van der Waals surface area contributed by atoms with Gasteiger partial charge in [-0.05, 0) is 23.3 Å². The number of aromatic nitrogens is 2. The molecule has 1 aliphatic heterocycles. The largest absolute Gasteiger partial charge is 0.487 e. The molecule has 0 radical (unpaired) electrons. The van der Waals surface area contributed by atoms with E-state index in [0.717, 1.165) is 49.7 Å². The summed E-state index contributed by atoms with van der Waals surface area (Å²) >= 11 is 6.47. The van der Waals surface area contributed by atoms with E-state index in [1.807, 2.05) is 48.5 Å². The standard InChI is InChI=1S/C25H28ClN5O3/c26-22-14-20(6-7-24(22)33-17-19-4-2-1-3-5-19)15-23-21(25(27)29-18-28-23)16-30-34-13-10-31-8-11-32-12-9-31/h1-7,14,16,18H,8-13,15,17H2,(H2,27,28,29)/b30-16+. The summed E-state index contributed by atoms with van der Waals surface area (Å²) in [5.41, 5.74) is 9.51. The molecule has 0 spiro atoms. The van der Waals surface area contributed by atoms with E-state index in [1.54, 1.807) is 6.21 Å². The number of morpholine rings is 1. The number of nitrogen functional groups attached to an aromatic ring is 1. The van der Waals surface area contributed by atoms with Crippen molar-refractivity contribution in [1.29, 1.82) is 0 Å². The summed E-state index contributed by atoms with van der Waals surface area (Å²) in [5, 5.41) is 4.62. The number of halogens is 1. The molecule has 0 unspecified atom stereocenters. The topological polar surface area (TPSA) is 95.1 Å². The highest BCUT2D eigenvalue weighted by Gasteiger charge is 2.12. The van der Waals surface area contributed by atoms with Gasteiger partial charge >= 0.3 is 0 Å². The van der Waals surface area contributed by atoms with Gasteiger partial charge in [-0.15, -0.1) is 0 Å². The highest BCUT2D eigenvalue weighted by molar-refractivity contribution is 6.32. The first-order valence-corrected chi connectivity index (χ1v) is 11.6. The minimum atomic E-state index is 0.347. The van der Waals surface area contributed by atoms with Crippen LogP contribution in [0.4, 0.5) is 5.82 Å². The first kappa shape index (κ1) is 23.9. The van der Waals surface area contributed by atoms with Gasteiger partial charge in [0.15, 0.2) is 0 Å². The number of oxime groups is 1. The van der Waals surface area contributed by atoms with Crippen LogP contribution in [0.25, 0.3) is 0 Å². The summed E-state index contributed by atoms with van der Waals surface area (Å²) in [7, 11) is 0. The first-order valence-electron chi connectivity index (χ1n) is 11.2. The number of hydrogen-bond acceptors (Lipinski definition) is 8. The number of rotatable bonds is 10. The fraction of sp³-hybridized carbons (Fsp3) is 0.320. The maximum atomic E-state index is 6.47. The Hall–Kier alpha value is -3.20. The maximum absolute atomic E-state index is 6.47. The second-order valence-electron chi connectivity index (χ2n) is 7.86. The Labute approximate surface area is 204 Å². The molecule has 8 nitrogen and oxygen atoms in total. The minimum Gasteiger partial charge on any atom is -0.487 e. The number of hydrogen-bond donors (Lipinski definition) is 1. The number of ether oxygens (including phenoxy) is 2. The predicted octanol–water partition coefficient (Wildman–Crippen LogP) is 3.56. The van der Waals surface area contributed by atoms with E-state index in [1.165, 1.54) is 6.33 Å². The Bertz CT molecular complexity index is 1090. The summed E-state index contributed by atoms with van der Waals surface area (Å²) in [4.78, 5) is 16.2. The molecule has 178 valence electrons. The fourth-order valence-electron chi connectivity index (χ4n) is 3.57. The molecule has 0 saturated carbocycles. The highest BCUT2D eigenvalue weighted by atomic mass is 35.5. The number of benzene rings is 2. The van der Waals surface area contributed by atoms with Gasteiger partial charge in [-0.25, -0.2) is 9.97 Å². The van der Waals surface area contributed by atoms with Crippen LogP contribution >= 0.6 is 11.6 Å². The molecule has 2 N–H and O–H groups in total. The molecular formula is C25H28ClN5O3. The molecule has 34 heavy (non-hydrogen) atoms. The van der Waals surface area contributed by atoms with Crippen molar-refractivity contribution in [2.24, 2.45) is 5.16 Å². The lowest BCUT2D eigenvalue weighted by molar-refractivity contribution is 0.0214. The van der Waals surface area contributed by atoms with Gasteiger partial charge in [-0.1, -0.05) is 53.2 Å². The number of nitrogens with two attached hydrogens (primary N) is 1. The van der Waals surface area contributed by atoms with E-state index in [-0.39, 0.29) is 0 Å².